The van der Waals surface area contributed by atoms with Gasteiger partial charge in [0.25, 0.3) is 15.9 Å². The zero-order chi connectivity index (χ0) is 16.6. The molecule has 8 heteroatoms. The number of aromatic nitrogens is 1. The van der Waals surface area contributed by atoms with Crippen LogP contribution in [-0.4, -0.2) is 25.5 Å². The monoisotopic (exact) mass is 335 g/mol. The highest BCUT2D eigenvalue weighted by Gasteiger charge is 2.26. The van der Waals surface area contributed by atoms with Crippen LogP contribution in [-0.2, 0) is 10.0 Å². The molecule has 1 saturated carbocycles. The molecule has 23 heavy (non-hydrogen) atoms. The summed E-state index contributed by atoms with van der Waals surface area (Å²) in [6, 6.07) is 6.61. The molecule has 7 nitrogen and oxygen atoms in total. The van der Waals surface area contributed by atoms with Crippen LogP contribution in [0.3, 0.4) is 0 Å². The molecule has 1 fully saturated rings. The largest absolute Gasteiger partial charge is 0.360 e. The van der Waals surface area contributed by atoms with Crippen LogP contribution in [0.1, 0.15) is 34.7 Å². The van der Waals surface area contributed by atoms with E-state index >= 15 is 0 Å². The number of amides is 1. The Bertz CT molecular complexity index is 834. The summed E-state index contributed by atoms with van der Waals surface area (Å²) in [5.41, 5.74) is 1.02. The fourth-order valence-corrected chi connectivity index (χ4v) is 3.67. The molecular formula is C15H17N3O4S. The quantitative estimate of drug-likeness (QED) is 0.870. The van der Waals surface area contributed by atoms with Crippen molar-refractivity contribution >= 4 is 21.6 Å². The number of benzene rings is 1. The molecule has 0 spiro atoms. The van der Waals surface area contributed by atoms with E-state index in [1.807, 2.05) is 0 Å². The van der Waals surface area contributed by atoms with Crippen LogP contribution in [0.4, 0.5) is 5.69 Å². The number of rotatable bonds is 5. The van der Waals surface area contributed by atoms with Gasteiger partial charge in [0.05, 0.1) is 0 Å². The molecule has 0 saturated heterocycles. The molecule has 1 aliphatic carbocycles. The van der Waals surface area contributed by atoms with Gasteiger partial charge in [0.2, 0.25) is 0 Å². The Morgan fingerprint density at radius 1 is 1.30 bits per heavy atom. The molecule has 1 aliphatic rings. The molecule has 0 atom stereocenters. The van der Waals surface area contributed by atoms with Crippen LogP contribution >= 0.6 is 0 Å². The first-order valence-electron chi connectivity index (χ1n) is 7.23. The van der Waals surface area contributed by atoms with Crippen molar-refractivity contribution in [1.29, 1.82) is 0 Å². The van der Waals surface area contributed by atoms with Gasteiger partial charge in [0.1, 0.15) is 5.69 Å². The maximum Gasteiger partial charge on any atom is 0.267 e. The highest BCUT2D eigenvalue weighted by atomic mass is 32.2. The second-order valence-electron chi connectivity index (χ2n) is 5.59. The van der Waals surface area contributed by atoms with E-state index in [2.05, 4.69) is 15.2 Å². The fraction of sp³-hybridized carbons (Fsp3) is 0.333. The van der Waals surface area contributed by atoms with Crippen molar-refractivity contribution in [2.75, 3.05) is 4.72 Å². The van der Waals surface area contributed by atoms with E-state index in [1.165, 1.54) is 13.0 Å². The van der Waals surface area contributed by atoms with Crippen LogP contribution in [0.2, 0.25) is 0 Å². The van der Waals surface area contributed by atoms with Crippen LogP contribution < -0.4 is 10.0 Å². The van der Waals surface area contributed by atoms with Gasteiger partial charge in [-0.05, 0) is 44.9 Å². The van der Waals surface area contributed by atoms with E-state index in [9.17, 15) is 13.2 Å². The van der Waals surface area contributed by atoms with E-state index in [1.54, 1.807) is 25.1 Å². The van der Waals surface area contributed by atoms with Crippen LogP contribution in [0.5, 0.6) is 0 Å². The molecule has 1 aromatic carbocycles. The summed E-state index contributed by atoms with van der Waals surface area (Å²) in [6.07, 6.45) is 1.98. The standard InChI is InChI=1S/C15H17N3O4S/c1-9-14(10(2)22-17-9)23(20,21)18-13-5-3-4-11(8-13)15(19)16-12-6-7-12/h3-5,8,12,18H,6-7H2,1-2H3,(H,16,19). The van der Waals surface area contributed by atoms with Crippen molar-refractivity contribution in [3.8, 4) is 0 Å². The van der Waals surface area contributed by atoms with E-state index in [-0.39, 0.29) is 28.3 Å². The molecule has 0 bridgehead atoms. The molecule has 0 unspecified atom stereocenters. The van der Waals surface area contributed by atoms with Crippen molar-refractivity contribution in [1.82, 2.24) is 10.5 Å². The normalized spacial score (nSPS) is 14.5. The predicted octanol–water partition coefficient (Wildman–Crippen LogP) is 1.98. The Labute approximate surface area is 134 Å². The first-order valence-corrected chi connectivity index (χ1v) is 8.72. The summed E-state index contributed by atoms with van der Waals surface area (Å²) < 4.78 is 32.3. The highest BCUT2D eigenvalue weighted by Crippen LogP contribution is 2.23. The summed E-state index contributed by atoms with van der Waals surface area (Å²) in [4.78, 5) is 12.1. The van der Waals surface area contributed by atoms with Gasteiger partial charge in [-0.25, -0.2) is 8.42 Å². The first-order chi connectivity index (χ1) is 10.9. The molecule has 0 radical (unpaired) electrons. The minimum absolute atomic E-state index is 0.0188. The van der Waals surface area contributed by atoms with Crippen LogP contribution in [0.15, 0.2) is 33.7 Å². The molecule has 1 heterocycles. The average molecular weight is 335 g/mol. The number of aryl methyl sites for hydroxylation is 2. The highest BCUT2D eigenvalue weighted by molar-refractivity contribution is 7.92. The van der Waals surface area contributed by atoms with Crippen molar-refractivity contribution in [2.45, 2.75) is 37.6 Å². The fourth-order valence-electron chi connectivity index (χ4n) is 2.28. The summed E-state index contributed by atoms with van der Waals surface area (Å²) in [6.45, 7) is 3.10. The molecule has 3 rings (SSSR count). The number of anilines is 1. The topological polar surface area (TPSA) is 101 Å². The molecule has 1 aromatic heterocycles. The van der Waals surface area contributed by atoms with Crippen molar-refractivity contribution < 1.29 is 17.7 Å². The number of carbonyl (C=O) groups is 1. The third-order valence-corrected chi connectivity index (χ3v) is 5.15. The lowest BCUT2D eigenvalue weighted by molar-refractivity contribution is 0.0951. The number of sulfonamides is 1. The van der Waals surface area contributed by atoms with Gasteiger partial charge in [-0.3, -0.25) is 9.52 Å². The van der Waals surface area contributed by atoms with Gasteiger partial charge >= 0.3 is 0 Å². The van der Waals surface area contributed by atoms with E-state index in [0.717, 1.165) is 12.8 Å². The number of nitrogens with zero attached hydrogens (tertiary/aromatic N) is 1. The second kappa shape index (κ2) is 5.69. The summed E-state index contributed by atoms with van der Waals surface area (Å²) in [7, 11) is -3.82. The molecule has 0 aliphatic heterocycles. The number of carbonyl (C=O) groups excluding carboxylic acids is 1. The van der Waals surface area contributed by atoms with Gasteiger partial charge in [-0.1, -0.05) is 11.2 Å². The Hall–Kier alpha value is -2.35. The molecule has 122 valence electrons. The molecule has 2 aromatic rings. The lowest BCUT2D eigenvalue weighted by atomic mass is 10.2. The maximum atomic E-state index is 12.5. The number of nitrogens with one attached hydrogen (secondary N) is 2. The Morgan fingerprint density at radius 3 is 2.65 bits per heavy atom. The van der Waals surface area contributed by atoms with Crippen molar-refractivity contribution in [3.63, 3.8) is 0 Å². The van der Waals surface area contributed by atoms with Crippen molar-refractivity contribution in [3.05, 3.63) is 41.3 Å². The van der Waals surface area contributed by atoms with Gasteiger partial charge < -0.3 is 9.84 Å². The Balaban J connectivity index is 1.83. The van der Waals surface area contributed by atoms with Crippen LogP contribution in [0.25, 0.3) is 0 Å². The van der Waals surface area contributed by atoms with Gasteiger partial charge in [-0.15, -0.1) is 0 Å². The average Bonchev–Trinajstić information content (AvgIpc) is 3.22. The smallest absolute Gasteiger partial charge is 0.267 e. The SMILES string of the molecule is Cc1noc(C)c1S(=O)(=O)Nc1cccc(C(=O)NC2CC2)c1. The predicted molar refractivity (Wildman–Crippen MR) is 83.7 cm³/mol. The number of hydrogen-bond donors (Lipinski definition) is 2. The van der Waals surface area contributed by atoms with E-state index < -0.39 is 10.0 Å². The lowest BCUT2D eigenvalue weighted by Gasteiger charge is -2.09. The van der Waals surface area contributed by atoms with E-state index in [0.29, 0.717) is 11.3 Å². The van der Waals surface area contributed by atoms with Gasteiger partial charge in [0, 0.05) is 17.3 Å². The minimum atomic E-state index is -3.82. The third-order valence-electron chi connectivity index (χ3n) is 3.53. The summed E-state index contributed by atoms with van der Waals surface area (Å²) >= 11 is 0. The van der Waals surface area contributed by atoms with Gasteiger partial charge in [0.15, 0.2) is 10.7 Å². The summed E-state index contributed by atoms with van der Waals surface area (Å²) in [5.74, 6) is 0.0171. The van der Waals surface area contributed by atoms with Gasteiger partial charge in [-0.2, -0.15) is 0 Å². The van der Waals surface area contributed by atoms with Crippen molar-refractivity contribution in [2.24, 2.45) is 0 Å². The van der Waals surface area contributed by atoms with E-state index in [4.69, 9.17) is 4.52 Å². The Morgan fingerprint density at radius 2 is 2.04 bits per heavy atom. The molecule has 1 amide bonds. The second-order valence-corrected chi connectivity index (χ2v) is 7.21. The third kappa shape index (κ3) is 3.37. The number of hydrogen-bond acceptors (Lipinski definition) is 5. The van der Waals surface area contributed by atoms with Crippen LogP contribution in [0, 0.1) is 13.8 Å². The Kier molecular flexibility index (Phi) is 3.85. The molecular weight excluding hydrogens is 318 g/mol. The zero-order valence-electron chi connectivity index (χ0n) is 12.8. The summed E-state index contributed by atoms with van der Waals surface area (Å²) in [5, 5.41) is 6.52. The molecule has 2 N–H and O–H groups in total. The zero-order valence-corrected chi connectivity index (χ0v) is 13.6. The maximum absolute atomic E-state index is 12.5. The minimum Gasteiger partial charge on any atom is -0.360 e. The first kappa shape index (κ1) is 15.5. The lowest BCUT2D eigenvalue weighted by Crippen LogP contribution is -2.25.